The van der Waals surface area contributed by atoms with Crippen LogP contribution >= 0.6 is 27.5 Å². The van der Waals surface area contributed by atoms with Gasteiger partial charge in [0.2, 0.25) is 5.88 Å². The number of phenolic OH excluding ortho intramolecular Hbond substituents is 1. The van der Waals surface area contributed by atoms with Crippen LogP contribution in [0.15, 0.2) is 46.3 Å². The fraction of sp³-hybridized carbons (Fsp3) is 0.118. The Morgan fingerprint density at radius 1 is 1.33 bits per heavy atom. The molecule has 0 aromatic heterocycles. The van der Waals surface area contributed by atoms with E-state index in [0.717, 1.165) is 0 Å². The van der Waals surface area contributed by atoms with Gasteiger partial charge in [0.05, 0.1) is 17.5 Å². The number of nitrogens with zero attached hydrogens (tertiary/aromatic N) is 1. The first-order valence-corrected chi connectivity index (χ1v) is 8.06. The Morgan fingerprint density at radius 2 is 2.08 bits per heavy atom. The molecule has 0 radical (unpaired) electrons. The molecule has 0 spiro atoms. The third-order valence-electron chi connectivity index (χ3n) is 3.75. The molecule has 24 heavy (non-hydrogen) atoms. The molecule has 0 saturated carbocycles. The molecule has 0 aliphatic carbocycles. The van der Waals surface area contributed by atoms with E-state index in [-0.39, 0.29) is 17.2 Å². The number of hydrogen-bond donors (Lipinski definition) is 2. The van der Waals surface area contributed by atoms with Crippen molar-refractivity contribution in [3.05, 3.63) is 62.4 Å². The van der Waals surface area contributed by atoms with Crippen LogP contribution in [-0.2, 0) is 0 Å². The molecule has 0 amide bonds. The van der Waals surface area contributed by atoms with Crippen molar-refractivity contribution in [1.82, 2.24) is 0 Å². The zero-order valence-electron chi connectivity index (χ0n) is 12.5. The summed E-state index contributed by atoms with van der Waals surface area (Å²) < 4.78 is 11.6. The Morgan fingerprint density at radius 3 is 2.75 bits per heavy atom. The molecule has 122 valence electrons. The van der Waals surface area contributed by atoms with Gasteiger partial charge in [0, 0.05) is 22.2 Å². The minimum atomic E-state index is -0.524. The summed E-state index contributed by atoms with van der Waals surface area (Å²) in [7, 11) is 1.54. The van der Waals surface area contributed by atoms with E-state index < -0.39 is 5.92 Å². The van der Waals surface area contributed by atoms with Crippen molar-refractivity contribution in [2.75, 3.05) is 7.11 Å². The zero-order chi connectivity index (χ0) is 17.4. The summed E-state index contributed by atoms with van der Waals surface area (Å²) >= 11 is 9.61. The summed E-state index contributed by atoms with van der Waals surface area (Å²) in [6, 6.07) is 10.2. The van der Waals surface area contributed by atoms with Crippen molar-refractivity contribution < 1.29 is 14.6 Å². The van der Waals surface area contributed by atoms with Crippen LogP contribution in [-0.4, -0.2) is 12.2 Å². The predicted octanol–water partition coefficient (Wildman–Crippen LogP) is 4.03. The standard InChI is InChI=1S/C17H12BrClN2O3/c1-23-16-11(4-8(19)5-13(16)18)15-10-3-2-9(22)6-14(10)24-17(21)12(15)7-20/h2-6,15,22H,21H2,1H3/t15-/m1/s1. The van der Waals surface area contributed by atoms with Crippen LogP contribution in [0.1, 0.15) is 17.0 Å². The molecule has 0 fully saturated rings. The van der Waals surface area contributed by atoms with Gasteiger partial charge < -0.3 is 20.3 Å². The number of allylic oxidation sites excluding steroid dienone is 1. The monoisotopic (exact) mass is 406 g/mol. The molecule has 2 aromatic carbocycles. The summed E-state index contributed by atoms with van der Waals surface area (Å²) in [5.74, 6) is 0.434. The smallest absolute Gasteiger partial charge is 0.205 e. The van der Waals surface area contributed by atoms with Crippen molar-refractivity contribution in [3.8, 4) is 23.3 Å². The lowest BCUT2D eigenvalue weighted by Gasteiger charge is -2.28. The molecule has 1 atom stereocenters. The number of fused-ring (bicyclic) bond motifs is 1. The first-order valence-electron chi connectivity index (χ1n) is 6.89. The van der Waals surface area contributed by atoms with Crippen LogP contribution in [0.25, 0.3) is 0 Å². The topological polar surface area (TPSA) is 88.5 Å². The van der Waals surface area contributed by atoms with Crippen LogP contribution in [0.5, 0.6) is 17.2 Å². The van der Waals surface area contributed by atoms with Gasteiger partial charge in [-0.15, -0.1) is 0 Å². The number of phenols is 1. The summed E-state index contributed by atoms with van der Waals surface area (Å²) in [5, 5.41) is 19.7. The highest BCUT2D eigenvalue weighted by molar-refractivity contribution is 9.10. The van der Waals surface area contributed by atoms with Crippen LogP contribution in [0.2, 0.25) is 5.02 Å². The van der Waals surface area contributed by atoms with Crippen molar-refractivity contribution in [2.45, 2.75) is 5.92 Å². The first kappa shape index (κ1) is 16.5. The minimum Gasteiger partial charge on any atom is -0.508 e. The van der Waals surface area contributed by atoms with Crippen molar-refractivity contribution >= 4 is 27.5 Å². The third-order valence-corrected chi connectivity index (χ3v) is 4.56. The average molecular weight is 408 g/mol. The van der Waals surface area contributed by atoms with E-state index >= 15 is 0 Å². The molecule has 0 unspecified atom stereocenters. The number of nitriles is 1. The maximum absolute atomic E-state index is 9.69. The second-order valence-electron chi connectivity index (χ2n) is 5.16. The van der Waals surface area contributed by atoms with Crippen LogP contribution in [0.4, 0.5) is 0 Å². The van der Waals surface area contributed by atoms with E-state index in [0.29, 0.717) is 32.1 Å². The highest BCUT2D eigenvalue weighted by atomic mass is 79.9. The van der Waals surface area contributed by atoms with Crippen LogP contribution in [0.3, 0.4) is 0 Å². The van der Waals surface area contributed by atoms with E-state index in [4.69, 9.17) is 26.8 Å². The molecular formula is C17H12BrClN2O3. The summed E-state index contributed by atoms with van der Waals surface area (Å²) in [6.45, 7) is 0. The van der Waals surface area contributed by atoms with E-state index in [1.165, 1.54) is 19.2 Å². The maximum atomic E-state index is 9.69. The van der Waals surface area contributed by atoms with Gasteiger partial charge in [-0.1, -0.05) is 17.7 Å². The van der Waals surface area contributed by atoms with Crippen LogP contribution in [0, 0.1) is 11.3 Å². The minimum absolute atomic E-state index is 0.0150. The zero-order valence-corrected chi connectivity index (χ0v) is 14.9. The highest BCUT2D eigenvalue weighted by Crippen LogP contribution is 2.48. The first-order chi connectivity index (χ1) is 11.5. The molecule has 7 heteroatoms. The Labute approximate surface area is 152 Å². The van der Waals surface area contributed by atoms with E-state index in [9.17, 15) is 10.4 Å². The quantitative estimate of drug-likeness (QED) is 0.784. The SMILES string of the molecule is COc1c(Br)cc(Cl)cc1[C@@H]1C(C#N)=C(N)Oc2cc(O)ccc21. The number of ether oxygens (including phenoxy) is 2. The van der Waals surface area contributed by atoms with Crippen molar-refractivity contribution in [1.29, 1.82) is 5.26 Å². The number of rotatable bonds is 2. The molecule has 0 bridgehead atoms. The van der Waals surface area contributed by atoms with Crippen molar-refractivity contribution in [3.63, 3.8) is 0 Å². The maximum Gasteiger partial charge on any atom is 0.205 e. The lowest BCUT2D eigenvalue weighted by molar-refractivity contribution is 0.382. The number of methoxy groups -OCH3 is 1. The summed E-state index contributed by atoms with van der Waals surface area (Å²) in [6.07, 6.45) is 0. The fourth-order valence-corrected chi connectivity index (χ4v) is 3.77. The van der Waals surface area contributed by atoms with E-state index in [1.54, 1.807) is 18.2 Å². The summed E-state index contributed by atoms with van der Waals surface area (Å²) in [4.78, 5) is 0. The molecule has 3 N–H and O–H groups in total. The number of aromatic hydroxyl groups is 1. The largest absolute Gasteiger partial charge is 0.508 e. The third kappa shape index (κ3) is 2.66. The van der Waals surface area contributed by atoms with Gasteiger partial charge in [0.15, 0.2) is 0 Å². The average Bonchev–Trinajstić information content (AvgIpc) is 2.52. The van der Waals surface area contributed by atoms with Gasteiger partial charge >= 0.3 is 0 Å². The molecule has 2 aromatic rings. The Bertz CT molecular complexity index is 905. The van der Waals surface area contributed by atoms with E-state index in [1.807, 2.05) is 0 Å². The second kappa shape index (κ2) is 6.27. The summed E-state index contributed by atoms with van der Waals surface area (Å²) in [5.41, 5.74) is 7.53. The van der Waals surface area contributed by atoms with Crippen LogP contribution < -0.4 is 15.2 Å². The number of nitrogens with two attached hydrogens (primary N) is 1. The molecule has 1 aliphatic heterocycles. The van der Waals surface area contributed by atoms with Gasteiger partial charge in [-0.3, -0.25) is 0 Å². The Kier molecular flexibility index (Phi) is 4.31. The number of benzene rings is 2. The molecular weight excluding hydrogens is 396 g/mol. The molecule has 0 saturated heterocycles. The number of halogens is 2. The van der Waals surface area contributed by atoms with Gasteiger partial charge in [0.25, 0.3) is 0 Å². The normalized spacial score (nSPS) is 16.2. The van der Waals surface area contributed by atoms with Gasteiger partial charge in [-0.2, -0.15) is 5.26 Å². The molecule has 1 heterocycles. The molecule has 5 nitrogen and oxygen atoms in total. The molecule has 3 rings (SSSR count). The lowest BCUT2D eigenvalue weighted by atomic mass is 9.83. The van der Waals surface area contributed by atoms with Crippen molar-refractivity contribution in [2.24, 2.45) is 5.73 Å². The van der Waals surface area contributed by atoms with Gasteiger partial charge in [-0.05, 0) is 34.1 Å². The lowest BCUT2D eigenvalue weighted by Crippen LogP contribution is -2.21. The van der Waals surface area contributed by atoms with Gasteiger partial charge in [-0.25, -0.2) is 0 Å². The highest BCUT2D eigenvalue weighted by Gasteiger charge is 2.33. The Balaban J connectivity index is 2.32. The van der Waals surface area contributed by atoms with Gasteiger partial charge in [0.1, 0.15) is 28.9 Å². The van der Waals surface area contributed by atoms with E-state index in [2.05, 4.69) is 22.0 Å². The molecule has 1 aliphatic rings. The number of hydrogen-bond acceptors (Lipinski definition) is 5. The predicted molar refractivity (Wildman–Crippen MR) is 93.1 cm³/mol. The second-order valence-corrected chi connectivity index (χ2v) is 6.45. The Hall–Kier alpha value is -2.36. The fourth-order valence-electron chi connectivity index (χ4n) is 2.77.